The van der Waals surface area contributed by atoms with Gasteiger partial charge in [-0.2, -0.15) is 0 Å². The van der Waals surface area contributed by atoms with E-state index in [2.05, 4.69) is 17.1 Å². The molecular weight excluding hydrogens is 208 g/mol. The molecule has 0 spiro atoms. The fourth-order valence-electron chi connectivity index (χ4n) is 3.46. The van der Waals surface area contributed by atoms with E-state index in [1.165, 1.54) is 77.7 Å². The summed E-state index contributed by atoms with van der Waals surface area (Å²) in [6.07, 6.45) is 10.0. The molecule has 0 aliphatic carbocycles. The van der Waals surface area contributed by atoms with Gasteiger partial charge in [0.2, 0.25) is 0 Å². The third-order valence-electron chi connectivity index (χ3n) is 4.73. The average molecular weight is 238 g/mol. The lowest BCUT2D eigenvalue weighted by Gasteiger charge is -2.32. The molecule has 2 rings (SSSR count). The summed E-state index contributed by atoms with van der Waals surface area (Å²) in [5.41, 5.74) is 0. The van der Waals surface area contributed by atoms with Crippen LogP contribution in [0.4, 0.5) is 0 Å². The van der Waals surface area contributed by atoms with Crippen LogP contribution in [-0.2, 0) is 0 Å². The summed E-state index contributed by atoms with van der Waals surface area (Å²) in [6, 6.07) is 0. The second-order valence-corrected chi connectivity index (χ2v) is 6.05. The van der Waals surface area contributed by atoms with Crippen LogP contribution in [0.25, 0.3) is 0 Å². The Kier molecular flexibility index (Phi) is 5.79. The first-order chi connectivity index (χ1) is 8.38. The van der Waals surface area contributed by atoms with E-state index in [0.717, 1.165) is 11.8 Å². The highest BCUT2D eigenvalue weighted by Crippen LogP contribution is 2.21. The van der Waals surface area contributed by atoms with Crippen LogP contribution in [0, 0.1) is 11.8 Å². The van der Waals surface area contributed by atoms with Gasteiger partial charge in [0.1, 0.15) is 0 Å². The maximum atomic E-state index is 3.46. The van der Waals surface area contributed by atoms with Crippen LogP contribution in [0.15, 0.2) is 0 Å². The highest BCUT2D eigenvalue weighted by molar-refractivity contribution is 4.73. The Balaban J connectivity index is 1.57. The monoisotopic (exact) mass is 238 g/mol. The van der Waals surface area contributed by atoms with Crippen LogP contribution in [0.2, 0.25) is 0 Å². The van der Waals surface area contributed by atoms with E-state index in [1.54, 1.807) is 0 Å². The van der Waals surface area contributed by atoms with Gasteiger partial charge in [0.05, 0.1) is 0 Å². The molecule has 0 aromatic heterocycles. The number of hydrogen-bond acceptors (Lipinski definition) is 2. The Labute approximate surface area is 107 Å². The maximum absolute atomic E-state index is 3.46. The van der Waals surface area contributed by atoms with Gasteiger partial charge in [-0.15, -0.1) is 0 Å². The topological polar surface area (TPSA) is 15.3 Å². The van der Waals surface area contributed by atoms with Gasteiger partial charge in [-0.1, -0.05) is 13.3 Å². The number of nitrogens with zero attached hydrogens (tertiary/aromatic N) is 1. The summed E-state index contributed by atoms with van der Waals surface area (Å²) in [4.78, 5) is 2.72. The van der Waals surface area contributed by atoms with E-state index in [9.17, 15) is 0 Å². The van der Waals surface area contributed by atoms with E-state index in [-0.39, 0.29) is 0 Å². The average Bonchev–Trinajstić information content (AvgIpc) is 2.40. The van der Waals surface area contributed by atoms with Gasteiger partial charge in [-0.3, -0.25) is 0 Å². The van der Waals surface area contributed by atoms with Crippen molar-refractivity contribution in [3.05, 3.63) is 0 Å². The van der Waals surface area contributed by atoms with Crippen molar-refractivity contribution in [2.75, 3.05) is 32.7 Å². The van der Waals surface area contributed by atoms with Crippen LogP contribution in [-0.4, -0.2) is 37.6 Å². The zero-order valence-corrected chi connectivity index (χ0v) is 11.6. The second kappa shape index (κ2) is 7.38. The van der Waals surface area contributed by atoms with Crippen LogP contribution < -0.4 is 5.32 Å². The van der Waals surface area contributed by atoms with E-state index in [4.69, 9.17) is 0 Å². The first-order valence-electron chi connectivity index (χ1n) is 7.81. The molecule has 1 unspecified atom stereocenters. The molecule has 100 valence electrons. The summed E-state index contributed by atoms with van der Waals surface area (Å²) in [5, 5.41) is 3.46. The Morgan fingerprint density at radius 2 is 1.94 bits per heavy atom. The summed E-state index contributed by atoms with van der Waals surface area (Å²) in [7, 11) is 0. The number of nitrogens with one attached hydrogen (secondary N) is 1. The van der Waals surface area contributed by atoms with Crippen molar-refractivity contribution in [3.8, 4) is 0 Å². The summed E-state index contributed by atoms with van der Waals surface area (Å²) < 4.78 is 0. The lowest BCUT2D eigenvalue weighted by Crippen LogP contribution is -2.36. The standard InChI is InChI=1S/C15H30N2/c1-2-14-5-3-11-17(13-14)12-4-6-15-7-9-16-10-8-15/h14-16H,2-13H2,1H3. The molecule has 0 amide bonds. The number of hydrogen-bond donors (Lipinski definition) is 1. The number of likely N-dealkylation sites (tertiary alicyclic amines) is 1. The Morgan fingerprint density at radius 1 is 1.12 bits per heavy atom. The fraction of sp³-hybridized carbons (Fsp3) is 1.00. The van der Waals surface area contributed by atoms with E-state index in [1.807, 2.05) is 0 Å². The molecule has 2 fully saturated rings. The molecule has 0 aromatic rings. The van der Waals surface area contributed by atoms with Gasteiger partial charge in [0, 0.05) is 6.54 Å². The van der Waals surface area contributed by atoms with Crippen LogP contribution in [0.3, 0.4) is 0 Å². The molecule has 2 aliphatic heterocycles. The van der Waals surface area contributed by atoms with Crippen molar-refractivity contribution in [1.29, 1.82) is 0 Å². The molecular formula is C15H30N2. The molecule has 2 saturated heterocycles. The Bertz CT molecular complexity index is 199. The van der Waals surface area contributed by atoms with Crippen molar-refractivity contribution in [1.82, 2.24) is 10.2 Å². The molecule has 1 N–H and O–H groups in total. The van der Waals surface area contributed by atoms with E-state index in [0.29, 0.717) is 0 Å². The van der Waals surface area contributed by atoms with Gasteiger partial charge in [-0.05, 0) is 76.5 Å². The quantitative estimate of drug-likeness (QED) is 0.792. The van der Waals surface area contributed by atoms with Crippen molar-refractivity contribution in [3.63, 3.8) is 0 Å². The first kappa shape index (κ1) is 13.4. The SMILES string of the molecule is CCC1CCCN(CCCC2CCNCC2)C1. The first-order valence-corrected chi connectivity index (χ1v) is 7.81. The lowest BCUT2D eigenvalue weighted by molar-refractivity contribution is 0.165. The largest absolute Gasteiger partial charge is 0.317 e. The minimum absolute atomic E-state index is 0.989. The van der Waals surface area contributed by atoms with Gasteiger partial charge in [-0.25, -0.2) is 0 Å². The highest BCUT2D eigenvalue weighted by Gasteiger charge is 2.18. The molecule has 0 bridgehead atoms. The minimum Gasteiger partial charge on any atom is -0.317 e. The van der Waals surface area contributed by atoms with Crippen LogP contribution in [0.5, 0.6) is 0 Å². The van der Waals surface area contributed by atoms with Crippen molar-refractivity contribution < 1.29 is 0 Å². The Morgan fingerprint density at radius 3 is 2.71 bits per heavy atom. The molecule has 2 heteroatoms. The maximum Gasteiger partial charge on any atom is 0.000956 e. The Hall–Kier alpha value is -0.0800. The smallest absolute Gasteiger partial charge is 0.000956 e. The summed E-state index contributed by atoms with van der Waals surface area (Å²) >= 11 is 0. The number of piperidine rings is 2. The molecule has 0 saturated carbocycles. The van der Waals surface area contributed by atoms with Crippen molar-refractivity contribution in [2.24, 2.45) is 11.8 Å². The highest BCUT2D eigenvalue weighted by atomic mass is 15.1. The molecule has 0 aromatic carbocycles. The van der Waals surface area contributed by atoms with Gasteiger partial charge in [0.15, 0.2) is 0 Å². The van der Waals surface area contributed by atoms with E-state index >= 15 is 0 Å². The predicted octanol–water partition coefficient (Wildman–Crippen LogP) is 2.89. The molecule has 17 heavy (non-hydrogen) atoms. The van der Waals surface area contributed by atoms with Gasteiger partial charge in [0.25, 0.3) is 0 Å². The molecule has 0 radical (unpaired) electrons. The lowest BCUT2D eigenvalue weighted by atomic mass is 9.92. The molecule has 1 atom stereocenters. The third kappa shape index (κ3) is 4.59. The predicted molar refractivity (Wildman–Crippen MR) is 74.3 cm³/mol. The van der Waals surface area contributed by atoms with Gasteiger partial charge >= 0.3 is 0 Å². The third-order valence-corrected chi connectivity index (χ3v) is 4.73. The summed E-state index contributed by atoms with van der Waals surface area (Å²) in [6.45, 7) is 8.97. The van der Waals surface area contributed by atoms with E-state index < -0.39 is 0 Å². The fourth-order valence-corrected chi connectivity index (χ4v) is 3.46. The normalized spacial score (nSPS) is 28.4. The zero-order chi connectivity index (χ0) is 11.9. The van der Waals surface area contributed by atoms with Crippen LogP contribution in [0.1, 0.15) is 51.9 Å². The molecule has 2 aliphatic rings. The zero-order valence-electron chi connectivity index (χ0n) is 11.6. The number of rotatable bonds is 5. The van der Waals surface area contributed by atoms with Crippen molar-refractivity contribution in [2.45, 2.75) is 51.9 Å². The van der Waals surface area contributed by atoms with Gasteiger partial charge < -0.3 is 10.2 Å². The second-order valence-electron chi connectivity index (χ2n) is 6.05. The summed E-state index contributed by atoms with van der Waals surface area (Å²) in [5.74, 6) is 2.01. The van der Waals surface area contributed by atoms with Crippen molar-refractivity contribution >= 4 is 0 Å². The van der Waals surface area contributed by atoms with Crippen LogP contribution >= 0.6 is 0 Å². The molecule has 2 nitrogen and oxygen atoms in total. The minimum atomic E-state index is 0.989. The molecule has 2 heterocycles.